The number of hydrazone groups is 1. The summed E-state index contributed by atoms with van der Waals surface area (Å²) in [6, 6.07) is 9.98. The first-order valence-electron chi connectivity index (χ1n) is 11.5. The molecule has 2 N–H and O–H groups in total. The third kappa shape index (κ3) is 4.98. The summed E-state index contributed by atoms with van der Waals surface area (Å²) in [6.45, 7) is 4.67. The first-order valence-corrected chi connectivity index (χ1v) is 11.5. The number of benzene rings is 1. The quantitative estimate of drug-likeness (QED) is 0.439. The molecule has 1 aromatic carbocycles. The van der Waals surface area contributed by atoms with E-state index in [1.54, 1.807) is 12.3 Å². The summed E-state index contributed by atoms with van der Waals surface area (Å²) in [5.74, 6) is 1.06. The van der Waals surface area contributed by atoms with E-state index < -0.39 is 0 Å². The Hall–Kier alpha value is -3.46. The number of anilines is 2. The standard InChI is InChI=1S/C24H28N6O3/c1-16-5-4-6-17(13-16)15-25-29-24-27-21(30-9-11-32-12-10-30)19-14-20(33-23(19)28-24)22(31)26-18-7-2-3-8-18/h4-6,13-15,18H,2-3,7-12H2,1H3,(H,26,31)(H,27,28,29)/b25-15+. The van der Waals surface area contributed by atoms with Gasteiger partial charge < -0.3 is 19.4 Å². The van der Waals surface area contributed by atoms with Crippen LogP contribution in [-0.4, -0.2) is 54.4 Å². The molecule has 1 aliphatic heterocycles. The van der Waals surface area contributed by atoms with Crippen LogP contribution in [0.5, 0.6) is 0 Å². The van der Waals surface area contributed by atoms with Crippen molar-refractivity contribution >= 4 is 35.0 Å². The predicted octanol–water partition coefficient (Wildman–Crippen LogP) is 3.49. The van der Waals surface area contributed by atoms with Gasteiger partial charge in [0, 0.05) is 25.2 Å². The van der Waals surface area contributed by atoms with Gasteiger partial charge in [-0.15, -0.1) is 0 Å². The number of aromatic nitrogens is 2. The van der Waals surface area contributed by atoms with Crippen molar-refractivity contribution in [3.63, 3.8) is 0 Å². The van der Waals surface area contributed by atoms with Crippen LogP contribution in [-0.2, 0) is 4.74 Å². The van der Waals surface area contributed by atoms with E-state index in [2.05, 4.69) is 25.7 Å². The molecule has 0 radical (unpaired) electrons. The average molecular weight is 449 g/mol. The maximum absolute atomic E-state index is 12.8. The van der Waals surface area contributed by atoms with Gasteiger partial charge in [0.1, 0.15) is 5.82 Å². The molecule has 0 bridgehead atoms. The Morgan fingerprint density at radius 2 is 2.00 bits per heavy atom. The molecule has 0 unspecified atom stereocenters. The fourth-order valence-electron chi connectivity index (χ4n) is 4.33. The topological polar surface area (TPSA) is 105 Å². The summed E-state index contributed by atoms with van der Waals surface area (Å²) in [5, 5.41) is 8.08. The maximum atomic E-state index is 12.8. The van der Waals surface area contributed by atoms with Crippen LogP contribution >= 0.6 is 0 Å². The van der Waals surface area contributed by atoms with Gasteiger partial charge in [0.05, 0.1) is 24.8 Å². The summed E-state index contributed by atoms with van der Waals surface area (Å²) in [7, 11) is 0. The Bertz CT molecular complexity index is 1160. The van der Waals surface area contributed by atoms with Crippen molar-refractivity contribution in [2.75, 3.05) is 36.6 Å². The lowest BCUT2D eigenvalue weighted by atomic mass is 10.2. The number of carbonyl (C=O) groups excluding carboxylic acids is 1. The first-order chi connectivity index (χ1) is 16.2. The Kier molecular flexibility index (Phi) is 6.21. The summed E-state index contributed by atoms with van der Waals surface area (Å²) >= 11 is 0. The van der Waals surface area contributed by atoms with Gasteiger partial charge in [0.25, 0.3) is 5.91 Å². The molecule has 3 aromatic rings. The van der Waals surface area contributed by atoms with Crippen molar-refractivity contribution in [2.24, 2.45) is 5.10 Å². The fourth-order valence-corrected chi connectivity index (χ4v) is 4.33. The highest BCUT2D eigenvalue weighted by Crippen LogP contribution is 2.29. The van der Waals surface area contributed by atoms with Gasteiger partial charge in [-0.1, -0.05) is 42.7 Å². The lowest BCUT2D eigenvalue weighted by Crippen LogP contribution is -2.37. The molecule has 9 heteroatoms. The first kappa shape index (κ1) is 21.4. The molecule has 0 spiro atoms. The zero-order valence-corrected chi connectivity index (χ0v) is 18.7. The number of carbonyl (C=O) groups is 1. The average Bonchev–Trinajstić information content (AvgIpc) is 3.49. The minimum atomic E-state index is -0.209. The number of hydrogen-bond donors (Lipinski definition) is 2. The number of nitrogens with one attached hydrogen (secondary N) is 2. The minimum absolute atomic E-state index is 0.209. The SMILES string of the molecule is Cc1cccc(/C=N/Nc2nc(N3CCOCC3)c3cc(C(=O)NC4CCCC4)oc3n2)c1. The highest BCUT2D eigenvalue weighted by Gasteiger charge is 2.24. The van der Waals surface area contributed by atoms with E-state index >= 15 is 0 Å². The van der Waals surface area contributed by atoms with Crippen LogP contribution in [0, 0.1) is 6.92 Å². The summed E-state index contributed by atoms with van der Waals surface area (Å²) < 4.78 is 11.4. The number of amides is 1. The van der Waals surface area contributed by atoms with Crippen LogP contribution in [0.1, 0.15) is 47.4 Å². The van der Waals surface area contributed by atoms with E-state index in [1.807, 2.05) is 31.2 Å². The van der Waals surface area contributed by atoms with Crippen LogP contribution in [0.3, 0.4) is 0 Å². The molecule has 2 fully saturated rings. The number of rotatable bonds is 6. The number of aryl methyl sites for hydroxylation is 1. The third-order valence-electron chi connectivity index (χ3n) is 6.02. The molecule has 9 nitrogen and oxygen atoms in total. The lowest BCUT2D eigenvalue weighted by Gasteiger charge is -2.28. The van der Waals surface area contributed by atoms with E-state index in [9.17, 15) is 4.79 Å². The van der Waals surface area contributed by atoms with Crippen molar-refractivity contribution in [1.29, 1.82) is 0 Å². The second kappa shape index (κ2) is 9.58. The molecule has 1 saturated carbocycles. The van der Waals surface area contributed by atoms with Crippen LogP contribution in [0.25, 0.3) is 11.1 Å². The predicted molar refractivity (Wildman–Crippen MR) is 127 cm³/mol. The molecule has 0 atom stereocenters. The Morgan fingerprint density at radius 1 is 1.18 bits per heavy atom. The number of furan rings is 1. The number of morpholine rings is 1. The normalized spacial score (nSPS) is 17.2. The zero-order chi connectivity index (χ0) is 22.6. The molecule has 1 saturated heterocycles. The summed E-state index contributed by atoms with van der Waals surface area (Å²) in [6.07, 6.45) is 6.04. The molecule has 172 valence electrons. The van der Waals surface area contributed by atoms with Gasteiger partial charge in [-0.05, 0) is 25.3 Å². The van der Waals surface area contributed by atoms with Crippen LogP contribution in [0.4, 0.5) is 11.8 Å². The van der Waals surface area contributed by atoms with Crippen LogP contribution in [0.15, 0.2) is 39.9 Å². The largest absolute Gasteiger partial charge is 0.432 e. The van der Waals surface area contributed by atoms with Gasteiger partial charge in [-0.25, -0.2) is 5.43 Å². The van der Waals surface area contributed by atoms with E-state index in [0.717, 1.165) is 36.8 Å². The zero-order valence-electron chi connectivity index (χ0n) is 18.7. The molecular weight excluding hydrogens is 420 g/mol. The van der Waals surface area contributed by atoms with E-state index in [1.165, 1.54) is 0 Å². The van der Waals surface area contributed by atoms with Crippen molar-refractivity contribution in [3.05, 3.63) is 47.2 Å². The van der Waals surface area contributed by atoms with Crippen molar-refractivity contribution in [1.82, 2.24) is 15.3 Å². The van der Waals surface area contributed by atoms with E-state index in [4.69, 9.17) is 14.1 Å². The van der Waals surface area contributed by atoms with Crippen molar-refractivity contribution < 1.29 is 13.9 Å². The molecule has 33 heavy (non-hydrogen) atoms. The Labute approximate surface area is 192 Å². The van der Waals surface area contributed by atoms with Gasteiger partial charge >= 0.3 is 0 Å². The van der Waals surface area contributed by atoms with Gasteiger partial charge in [0.2, 0.25) is 11.7 Å². The number of fused-ring (bicyclic) bond motifs is 1. The molecule has 2 aliphatic rings. The van der Waals surface area contributed by atoms with Gasteiger partial charge in [-0.3, -0.25) is 4.79 Å². The molecule has 3 heterocycles. The second-order valence-electron chi connectivity index (χ2n) is 8.54. The molecule has 5 rings (SSSR count). The van der Waals surface area contributed by atoms with Gasteiger partial charge in [-0.2, -0.15) is 15.1 Å². The highest BCUT2D eigenvalue weighted by atomic mass is 16.5. The van der Waals surface area contributed by atoms with Crippen LogP contribution < -0.4 is 15.6 Å². The monoisotopic (exact) mass is 448 g/mol. The van der Waals surface area contributed by atoms with Crippen LogP contribution in [0.2, 0.25) is 0 Å². The lowest BCUT2D eigenvalue weighted by molar-refractivity contribution is 0.0911. The number of hydrogen-bond acceptors (Lipinski definition) is 8. The minimum Gasteiger partial charge on any atom is -0.432 e. The Balaban J connectivity index is 1.43. The van der Waals surface area contributed by atoms with Crippen molar-refractivity contribution in [2.45, 2.75) is 38.6 Å². The molecular formula is C24H28N6O3. The second-order valence-corrected chi connectivity index (χ2v) is 8.54. The fraction of sp³-hybridized carbons (Fsp3) is 0.417. The molecule has 1 amide bonds. The van der Waals surface area contributed by atoms with Gasteiger partial charge in [0.15, 0.2) is 5.76 Å². The third-order valence-corrected chi connectivity index (χ3v) is 6.02. The molecule has 1 aliphatic carbocycles. The van der Waals surface area contributed by atoms with E-state index in [0.29, 0.717) is 49.2 Å². The van der Waals surface area contributed by atoms with Crippen molar-refractivity contribution in [3.8, 4) is 0 Å². The number of nitrogens with zero attached hydrogens (tertiary/aromatic N) is 4. The summed E-state index contributed by atoms with van der Waals surface area (Å²) in [5.41, 5.74) is 5.40. The molecule has 2 aromatic heterocycles. The maximum Gasteiger partial charge on any atom is 0.287 e. The smallest absolute Gasteiger partial charge is 0.287 e. The Morgan fingerprint density at radius 3 is 2.79 bits per heavy atom. The number of ether oxygens (including phenoxy) is 1. The summed E-state index contributed by atoms with van der Waals surface area (Å²) in [4.78, 5) is 24.1. The van der Waals surface area contributed by atoms with E-state index in [-0.39, 0.29) is 17.7 Å². The highest BCUT2D eigenvalue weighted by molar-refractivity contribution is 5.98.